The lowest BCUT2D eigenvalue weighted by atomic mass is 9.99. The molecule has 29 heavy (non-hydrogen) atoms. The van der Waals surface area contributed by atoms with Gasteiger partial charge in [0.1, 0.15) is 0 Å². The van der Waals surface area contributed by atoms with Crippen molar-refractivity contribution in [2.24, 2.45) is 0 Å². The van der Waals surface area contributed by atoms with E-state index in [0.29, 0.717) is 17.1 Å². The Morgan fingerprint density at radius 2 is 1.45 bits per heavy atom. The van der Waals surface area contributed by atoms with Crippen molar-refractivity contribution in [2.45, 2.75) is 17.7 Å². The number of benzene rings is 3. The Bertz CT molecular complexity index is 1130. The second-order valence-electron chi connectivity index (χ2n) is 7.17. The Hall–Kier alpha value is -3.11. The topological polar surface area (TPSA) is 37.4 Å². The van der Waals surface area contributed by atoms with E-state index in [-0.39, 0.29) is 5.92 Å². The molecule has 0 N–H and O–H groups in total. The fraction of sp³-hybridized carbons (Fsp3) is 0.120. The van der Waals surface area contributed by atoms with Crippen molar-refractivity contribution in [3.8, 4) is 0 Å². The number of sulfonamides is 1. The Morgan fingerprint density at radius 3 is 2.10 bits per heavy atom. The van der Waals surface area contributed by atoms with E-state index in [2.05, 4.69) is 6.08 Å². The van der Waals surface area contributed by atoms with Gasteiger partial charge in [0.2, 0.25) is 0 Å². The summed E-state index contributed by atoms with van der Waals surface area (Å²) in [6.07, 6.45) is 5.93. The highest BCUT2D eigenvalue weighted by Gasteiger charge is 2.30. The molecule has 4 heteroatoms. The molecular weight excluding hydrogens is 378 g/mol. The number of rotatable bonds is 4. The molecule has 3 aromatic carbocycles. The van der Waals surface area contributed by atoms with Crippen LogP contribution in [0.5, 0.6) is 0 Å². The minimum absolute atomic E-state index is 0.0334. The number of hydrogen-bond acceptors (Lipinski definition) is 2. The summed E-state index contributed by atoms with van der Waals surface area (Å²) in [5.41, 5.74) is 3.68. The maximum Gasteiger partial charge on any atom is 0.264 e. The van der Waals surface area contributed by atoms with Gasteiger partial charge in [-0.15, -0.1) is 0 Å². The van der Waals surface area contributed by atoms with E-state index in [0.717, 1.165) is 16.7 Å². The number of allylic oxidation sites excluding steroid dienone is 2. The first-order valence-electron chi connectivity index (χ1n) is 9.64. The molecule has 3 aromatic rings. The largest absolute Gasteiger partial charge is 0.265 e. The maximum absolute atomic E-state index is 13.7. The zero-order valence-electron chi connectivity index (χ0n) is 16.3. The smallest absolute Gasteiger partial charge is 0.264 e. The lowest BCUT2D eigenvalue weighted by Crippen LogP contribution is -2.32. The summed E-state index contributed by atoms with van der Waals surface area (Å²) in [4.78, 5) is 0.304. The van der Waals surface area contributed by atoms with E-state index < -0.39 is 10.0 Å². The van der Waals surface area contributed by atoms with E-state index in [1.807, 2.05) is 91.9 Å². The first-order valence-corrected chi connectivity index (χ1v) is 11.1. The van der Waals surface area contributed by atoms with Crippen LogP contribution < -0.4 is 0 Å². The zero-order chi connectivity index (χ0) is 20.3. The molecule has 3 nitrogen and oxygen atoms in total. The van der Waals surface area contributed by atoms with Crippen LogP contribution in [-0.2, 0) is 10.0 Å². The standard InChI is InChI=1S/C25H23NO2S/c1-20-15-17-24(18-16-20)29(27,28)26-19-23(21-9-4-2-5-10-21)13-8-14-25(26)22-11-6-3-7-12-22/h2-18,23H,19H2,1H3. The molecule has 1 unspecified atom stereocenters. The van der Waals surface area contributed by atoms with Gasteiger partial charge >= 0.3 is 0 Å². The fourth-order valence-electron chi connectivity index (χ4n) is 3.53. The second kappa shape index (κ2) is 8.10. The Labute approximate surface area is 172 Å². The van der Waals surface area contributed by atoms with E-state index >= 15 is 0 Å². The van der Waals surface area contributed by atoms with Gasteiger partial charge in [-0.05, 0) is 36.3 Å². The van der Waals surface area contributed by atoms with Gasteiger partial charge in [-0.2, -0.15) is 0 Å². The summed E-state index contributed by atoms with van der Waals surface area (Å²) < 4.78 is 28.9. The molecule has 0 bridgehead atoms. The molecule has 0 radical (unpaired) electrons. The van der Waals surface area contributed by atoms with Crippen molar-refractivity contribution >= 4 is 15.7 Å². The molecule has 1 heterocycles. The van der Waals surface area contributed by atoms with Crippen LogP contribution in [0.4, 0.5) is 0 Å². The van der Waals surface area contributed by atoms with Crippen LogP contribution in [0.2, 0.25) is 0 Å². The van der Waals surface area contributed by atoms with Crippen molar-refractivity contribution in [3.05, 3.63) is 120 Å². The average Bonchev–Trinajstić information content (AvgIpc) is 2.99. The Kier molecular flexibility index (Phi) is 5.36. The minimum atomic E-state index is -3.72. The van der Waals surface area contributed by atoms with Gasteiger partial charge in [0.05, 0.1) is 10.6 Å². The van der Waals surface area contributed by atoms with E-state index in [1.54, 1.807) is 16.4 Å². The highest BCUT2D eigenvalue weighted by atomic mass is 32.2. The first kappa shape index (κ1) is 19.2. The fourth-order valence-corrected chi connectivity index (χ4v) is 5.05. The van der Waals surface area contributed by atoms with E-state index in [1.165, 1.54) is 0 Å². The van der Waals surface area contributed by atoms with Gasteiger partial charge in [-0.3, -0.25) is 4.31 Å². The zero-order valence-corrected chi connectivity index (χ0v) is 17.1. The quantitative estimate of drug-likeness (QED) is 0.588. The lowest BCUT2D eigenvalue weighted by Gasteiger charge is -2.29. The summed E-state index contributed by atoms with van der Waals surface area (Å²) >= 11 is 0. The number of aryl methyl sites for hydroxylation is 1. The second-order valence-corrected chi connectivity index (χ2v) is 9.03. The normalized spacial score (nSPS) is 16.9. The number of hydrogen-bond donors (Lipinski definition) is 0. The van der Waals surface area contributed by atoms with Crippen LogP contribution in [-0.4, -0.2) is 19.3 Å². The van der Waals surface area contributed by atoms with Crippen LogP contribution in [0.3, 0.4) is 0 Å². The van der Waals surface area contributed by atoms with Gasteiger partial charge in [0.25, 0.3) is 10.0 Å². The molecule has 4 rings (SSSR count). The van der Waals surface area contributed by atoms with Gasteiger partial charge in [0.15, 0.2) is 0 Å². The molecule has 0 amide bonds. The van der Waals surface area contributed by atoms with Gasteiger partial charge in [-0.1, -0.05) is 90.5 Å². The SMILES string of the molecule is Cc1ccc(S(=O)(=O)N2CC(c3ccccc3)C=CC=C2c2ccccc2)cc1. The predicted octanol–water partition coefficient (Wildman–Crippen LogP) is 5.38. The van der Waals surface area contributed by atoms with Crippen molar-refractivity contribution < 1.29 is 8.42 Å². The number of nitrogens with zero attached hydrogens (tertiary/aromatic N) is 1. The molecule has 146 valence electrons. The first-order chi connectivity index (χ1) is 14.1. The third-order valence-corrected chi connectivity index (χ3v) is 6.93. The molecule has 0 aliphatic carbocycles. The van der Waals surface area contributed by atoms with Crippen molar-refractivity contribution in [1.82, 2.24) is 4.31 Å². The van der Waals surface area contributed by atoms with Gasteiger partial charge in [0, 0.05) is 12.5 Å². The molecule has 0 fully saturated rings. The summed E-state index contributed by atoms with van der Waals surface area (Å²) in [6, 6.07) is 26.7. The molecule has 0 saturated carbocycles. The molecule has 1 aliphatic heterocycles. The van der Waals surface area contributed by atoms with Gasteiger partial charge in [-0.25, -0.2) is 8.42 Å². The van der Waals surface area contributed by atoms with Crippen LogP contribution in [0, 0.1) is 6.92 Å². The predicted molar refractivity (Wildman–Crippen MR) is 118 cm³/mol. The Balaban J connectivity index is 1.81. The third-order valence-electron chi connectivity index (χ3n) is 5.13. The molecular formula is C25H23NO2S. The van der Waals surface area contributed by atoms with Crippen molar-refractivity contribution in [1.29, 1.82) is 0 Å². The molecule has 0 spiro atoms. The Morgan fingerprint density at radius 1 is 0.828 bits per heavy atom. The summed E-state index contributed by atoms with van der Waals surface area (Å²) in [7, 11) is -3.72. The molecule has 1 atom stereocenters. The molecule has 0 aromatic heterocycles. The third kappa shape index (κ3) is 4.03. The van der Waals surface area contributed by atoms with Crippen LogP contribution in [0.1, 0.15) is 22.6 Å². The van der Waals surface area contributed by atoms with E-state index in [9.17, 15) is 8.42 Å². The van der Waals surface area contributed by atoms with Gasteiger partial charge < -0.3 is 0 Å². The van der Waals surface area contributed by atoms with Crippen molar-refractivity contribution in [3.63, 3.8) is 0 Å². The molecule has 1 aliphatic rings. The maximum atomic E-state index is 13.7. The summed E-state index contributed by atoms with van der Waals surface area (Å²) in [6.45, 7) is 2.30. The van der Waals surface area contributed by atoms with Crippen LogP contribution in [0.15, 0.2) is 108 Å². The lowest BCUT2D eigenvalue weighted by molar-refractivity contribution is 0.499. The highest BCUT2D eigenvalue weighted by molar-refractivity contribution is 7.89. The van der Waals surface area contributed by atoms with Crippen LogP contribution in [0.25, 0.3) is 5.70 Å². The van der Waals surface area contributed by atoms with E-state index in [4.69, 9.17) is 0 Å². The minimum Gasteiger partial charge on any atom is -0.265 e. The summed E-state index contributed by atoms with van der Waals surface area (Å²) in [5.74, 6) is -0.0334. The monoisotopic (exact) mass is 401 g/mol. The van der Waals surface area contributed by atoms with Crippen molar-refractivity contribution in [2.75, 3.05) is 6.54 Å². The highest BCUT2D eigenvalue weighted by Crippen LogP contribution is 2.33. The average molecular weight is 402 g/mol. The molecule has 0 saturated heterocycles. The van der Waals surface area contributed by atoms with Crippen LogP contribution >= 0.6 is 0 Å². The summed E-state index contributed by atoms with van der Waals surface area (Å²) in [5, 5.41) is 0.